The van der Waals surface area contributed by atoms with Crippen molar-refractivity contribution < 1.29 is 4.39 Å². The third-order valence-electron chi connectivity index (χ3n) is 1.60. The topological polar surface area (TPSA) is 26.0 Å². The molecule has 0 bridgehead atoms. The lowest BCUT2D eigenvalue weighted by molar-refractivity contribution is 0.201. The fourth-order valence-electron chi connectivity index (χ4n) is 0.882. The molecule has 0 amide bonds. The van der Waals surface area contributed by atoms with Crippen LogP contribution < -0.4 is 5.73 Å². The maximum Gasteiger partial charge on any atom is 0.125 e. The molecule has 1 heterocycles. The Kier molecular flexibility index (Phi) is 3.26. The molecule has 0 radical (unpaired) electrons. The lowest BCUT2D eigenvalue weighted by Crippen LogP contribution is -2.31. The van der Waals surface area contributed by atoms with E-state index >= 15 is 0 Å². The van der Waals surface area contributed by atoms with Gasteiger partial charge in [-0.15, -0.1) is 11.3 Å². The summed E-state index contributed by atoms with van der Waals surface area (Å²) in [5.74, 6) is 0. The van der Waals surface area contributed by atoms with E-state index < -0.39 is 5.67 Å². The van der Waals surface area contributed by atoms with E-state index in [0.29, 0.717) is 6.42 Å². The number of hydrogen-bond donors (Lipinski definition) is 1. The van der Waals surface area contributed by atoms with Gasteiger partial charge in [0.1, 0.15) is 5.67 Å². The van der Waals surface area contributed by atoms with E-state index in [4.69, 9.17) is 5.73 Å². The van der Waals surface area contributed by atoms with Crippen molar-refractivity contribution in [2.24, 2.45) is 5.73 Å². The van der Waals surface area contributed by atoms with E-state index in [2.05, 4.69) is 15.9 Å². The largest absolute Gasteiger partial charge is 0.328 e. The first-order valence-corrected chi connectivity index (χ1v) is 5.28. The van der Waals surface area contributed by atoms with E-state index in [-0.39, 0.29) is 6.54 Å². The summed E-state index contributed by atoms with van der Waals surface area (Å²) in [6.45, 7) is 1.60. The van der Waals surface area contributed by atoms with Crippen molar-refractivity contribution in [2.45, 2.75) is 19.0 Å². The van der Waals surface area contributed by atoms with Gasteiger partial charge in [0.2, 0.25) is 0 Å². The molecule has 2 N–H and O–H groups in total. The third-order valence-corrected chi connectivity index (χ3v) is 3.22. The highest BCUT2D eigenvalue weighted by Gasteiger charge is 2.22. The van der Waals surface area contributed by atoms with Crippen LogP contribution in [-0.4, -0.2) is 12.2 Å². The van der Waals surface area contributed by atoms with Gasteiger partial charge in [-0.05, 0) is 35.0 Å². The van der Waals surface area contributed by atoms with Crippen molar-refractivity contribution >= 4 is 27.3 Å². The Hall–Kier alpha value is 0.0700. The molecule has 0 saturated carbocycles. The minimum atomic E-state index is -1.27. The fourth-order valence-corrected chi connectivity index (χ4v) is 2.53. The van der Waals surface area contributed by atoms with E-state index in [0.717, 1.165) is 8.66 Å². The Bertz CT molecular complexity index is 259. The normalized spacial score (nSPS) is 16.0. The number of halogens is 2. The maximum atomic E-state index is 13.4. The van der Waals surface area contributed by atoms with Gasteiger partial charge in [0, 0.05) is 17.8 Å². The average Bonchev–Trinajstić information content (AvgIpc) is 2.35. The Morgan fingerprint density at radius 3 is 2.75 bits per heavy atom. The first-order chi connectivity index (χ1) is 5.53. The summed E-state index contributed by atoms with van der Waals surface area (Å²) in [5.41, 5.74) is 4.01. The van der Waals surface area contributed by atoms with Crippen LogP contribution in [0, 0.1) is 0 Å². The molecule has 0 aliphatic rings. The van der Waals surface area contributed by atoms with Crippen LogP contribution in [0.4, 0.5) is 4.39 Å². The van der Waals surface area contributed by atoms with Crippen LogP contribution in [0.1, 0.15) is 11.8 Å². The van der Waals surface area contributed by atoms with E-state index in [1.807, 2.05) is 12.1 Å². The highest BCUT2D eigenvalue weighted by molar-refractivity contribution is 9.11. The van der Waals surface area contributed by atoms with Gasteiger partial charge in [0.25, 0.3) is 0 Å². The highest BCUT2D eigenvalue weighted by atomic mass is 79.9. The molecule has 0 aliphatic heterocycles. The number of hydrogen-bond acceptors (Lipinski definition) is 2. The molecule has 1 nitrogen and oxygen atoms in total. The number of nitrogens with two attached hydrogens (primary N) is 1. The molecule has 68 valence electrons. The lowest BCUT2D eigenvalue weighted by atomic mass is 10.0. The number of alkyl halides is 1. The molecule has 4 heteroatoms. The quantitative estimate of drug-likeness (QED) is 0.879. The summed E-state index contributed by atoms with van der Waals surface area (Å²) < 4.78 is 14.4. The van der Waals surface area contributed by atoms with Gasteiger partial charge in [0.05, 0.1) is 3.79 Å². The monoisotopic (exact) mass is 251 g/mol. The zero-order valence-electron chi connectivity index (χ0n) is 6.81. The van der Waals surface area contributed by atoms with Crippen LogP contribution in [0.3, 0.4) is 0 Å². The smallest absolute Gasteiger partial charge is 0.125 e. The first-order valence-electron chi connectivity index (χ1n) is 3.67. The molecule has 1 atom stereocenters. The van der Waals surface area contributed by atoms with Gasteiger partial charge >= 0.3 is 0 Å². The zero-order chi connectivity index (χ0) is 9.19. The molecule has 12 heavy (non-hydrogen) atoms. The average molecular weight is 252 g/mol. The van der Waals surface area contributed by atoms with Crippen LogP contribution in [-0.2, 0) is 6.42 Å². The van der Waals surface area contributed by atoms with Gasteiger partial charge in [-0.3, -0.25) is 0 Å². The van der Waals surface area contributed by atoms with Crippen LogP contribution in [0.2, 0.25) is 0 Å². The third kappa shape index (κ3) is 2.84. The zero-order valence-corrected chi connectivity index (χ0v) is 9.21. The summed E-state index contributed by atoms with van der Waals surface area (Å²) in [4.78, 5) is 1.03. The van der Waals surface area contributed by atoms with Crippen molar-refractivity contribution in [2.75, 3.05) is 6.54 Å². The predicted molar refractivity (Wildman–Crippen MR) is 54.3 cm³/mol. The number of rotatable bonds is 3. The fraction of sp³-hybridized carbons (Fsp3) is 0.500. The number of thiophene rings is 1. The Morgan fingerprint density at radius 2 is 2.33 bits per heavy atom. The minimum Gasteiger partial charge on any atom is -0.328 e. The summed E-state index contributed by atoms with van der Waals surface area (Å²) in [5, 5.41) is 0. The van der Waals surface area contributed by atoms with Crippen molar-refractivity contribution in [3.63, 3.8) is 0 Å². The Labute approximate surface area is 83.9 Å². The molecular weight excluding hydrogens is 241 g/mol. The van der Waals surface area contributed by atoms with Crippen molar-refractivity contribution in [3.8, 4) is 0 Å². The Morgan fingerprint density at radius 1 is 1.67 bits per heavy atom. The van der Waals surface area contributed by atoms with Crippen LogP contribution in [0.25, 0.3) is 0 Å². The molecule has 0 aliphatic carbocycles. The standard InChI is InChI=1S/C8H11BrFNS/c1-8(10,5-11)4-6-2-3-7(9)12-6/h2-3H,4-5,11H2,1H3. The molecule has 1 aromatic rings. The summed E-state index contributed by atoms with van der Waals surface area (Å²) in [6.07, 6.45) is 0.403. The molecular formula is C8H11BrFNS. The first kappa shape index (κ1) is 10.2. The van der Waals surface area contributed by atoms with Crippen molar-refractivity contribution in [1.82, 2.24) is 0 Å². The second kappa shape index (κ2) is 3.85. The van der Waals surface area contributed by atoms with Gasteiger partial charge in [-0.25, -0.2) is 4.39 Å². The predicted octanol–water partition coefficient (Wildman–Crippen LogP) is 2.74. The van der Waals surface area contributed by atoms with Crippen LogP contribution in [0.5, 0.6) is 0 Å². The highest BCUT2D eigenvalue weighted by Crippen LogP contribution is 2.26. The minimum absolute atomic E-state index is 0.0719. The van der Waals surface area contributed by atoms with Gasteiger partial charge in [-0.2, -0.15) is 0 Å². The summed E-state index contributed by atoms with van der Waals surface area (Å²) in [6, 6.07) is 3.84. The second-order valence-corrected chi connectivity index (χ2v) is 5.55. The molecule has 1 aromatic heterocycles. The lowest BCUT2D eigenvalue weighted by Gasteiger charge is -2.16. The van der Waals surface area contributed by atoms with Crippen LogP contribution in [0.15, 0.2) is 15.9 Å². The van der Waals surface area contributed by atoms with Gasteiger partial charge in [0.15, 0.2) is 0 Å². The Balaban J connectivity index is 2.63. The molecule has 0 saturated heterocycles. The molecule has 0 spiro atoms. The van der Waals surface area contributed by atoms with Gasteiger partial charge in [-0.1, -0.05) is 0 Å². The summed E-state index contributed by atoms with van der Waals surface area (Å²) in [7, 11) is 0. The van der Waals surface area contributed by atoms with Crippen molar-refractivity contribution in [1.29, 1.82) is 0 Å². The van der Waals surface area contributed by atoms with Crippen LogP contribution >= 0.6 is 27.3 Å². The van der Waals surface area contributed by atoms with Gasteiger partial charge < -0.3 is 5.73 Å². The maximum absolute atomic E-state index is 13.4. The molecule has 0 fully saturated rings. The SMILES string of the molecule is CC(F)(CN)Cc1ccc(Br)s1. The summed E-state index contributed by atoms with van der Waals surface area (Å²) >= 11 is 4.88. The van der Waals surface area contributed by atoms with Crippen molar-refractivity contribution in [3.05, 3.63) is 20.8 Å². The molecule has 1 rings (SSSR count). The molecule has 0 aromatic carbocycles. The van der Waals surface area contributed by atoms with E-state index in [9.17, 15) is 4.39 Å². The van der Waals surface area contributed by atoms with E-state index in [1.54, 1.807) is 11.3 Å². The second-order valence-electron chi connectivity index (χ2n) is 3.00. The van der Waals surface area contributed by atoms with E-state index in [1.165, 1.54) is 6.92 Å². The molecule has 1 unspecified atom stereocenters.